The monoisotopic (exact) mass is 229 g/mol. The first kappa shape index (κ1) is 10.5. The summed E-state index contributed by atoms with van der Waals surface area (Å²) in [5.74, 6) is 0.115. The lowest BCUT2D eigenvalue weighted by atomic mass is 10.1. The SMILES string of the molecule is O=CNc1cc2cc(C(F)(F)F)ccc2o1. The van der Waals surface area contributed by atoms with Gasteiger partial charge in [-0.05, 0) is 18.2 Å². The van der Waals surface area contributed by atoms with Crippen molar-refractivity contribution < 1.29 is 22.4 Å². The van der Waals surface area contributed by atoms with Gasteiger partial charge in [-0.2, -0.15) is 13.2 Å². The minimum atomic E-state index is -4.39. The van der Waals surface area contributed by atoms with Crippen LogP contribution in [0.2, 0.25) is 0 Å². The third kappa shape index (κ3) is 1.86. The zero-order valence-corrected chi connectivity index (χ0v) is 7.84. The van der Waals surface area contributed by atoms with Crippen LogP contribution >= 0.6 is 0 Å². The Morgan fingerprint density at radius 2 is 2.00 bits per heavy atom. The van der Waals surface area contributed by atoms with E-state index in [1.807, 2.05) is 0 Å². The molecule has 0 bridgehead atoms. The van der Waals surface area contributed by atoms with Gasteiger partial charge in [0, 0.05) is 11.5 Å². The second-order valence-corrected chi connectivity index (χ2v) is 3.12. The van der Waals surface area contributed by atoms with Crippen LogP contribution in [0.4, 0.5) is 19.1 Å². The molecule has 0 unspecified atom stereocenters. The number of hydrogen-bond acceptors (Lipinski definition) is 2. The zero-order chi connectivity index (χ0) is 11.8. The summed E-state index contributed by atoms with van der Waals surface area (Å²) in [4.78, 5) is 10.1. The van der Waals surface area contributed by atoms with E-state index in [1.54, 1.807) is 0 Å². The molecule has 2 rings (SSSR count). The number of halogens is 3. The maximum absolute atomic E-state index is 12.4. The quantitative estimate of drug-likeness (QED) is 0.804. The summed E-state index contributed by atoms with van der Waals surface area (Å²) in [6, 6.07) is 4.44. The molecule has 0 atom stereocenters. The Bertz CT molecular complexity index is 530. The molecule has 0 radical (unpaired) electrons. The lowest BCUT2D eigenvalue weighted by Gasteiger charge is -2.04. The highest BCUT2D eigenvalue weighted by Crippen LogP contribution is 2.33. The Labute approximate surface area is 87.8 Å². The molecule has 84 valence electrons. The lowest BCUT2D eigenvalue weighted by Crippen LogP contribution is -2.03. The Kier molecular flexibility index (Phi) is 2.34. The number of furan rings is 1. The van der Waals surface area contributed by atoms with Crippen molar-refractivity contribution in [2.45, 2.75) is 6.18 Å². The Morgan fingerprint density at radius 3 is 2.62 bits per heavy atom. The predicted molar refractivity (Wildman–Crippen MR) is 50.9 cm³/mol. The van der Waals surface area contributed by atoms with E-state index in [0.29, 0.717) is 11.8 Å². The first-order valence-corrected chi connectivity index (χ1v) is 4.31. The smallest absolute Gasteiger partial charge is 0.416 e. The van der Waals surface area contributed by atoms with Gasteiger partial charge in [-0.25, -0.2) is 0 Å². The van der Waals surface area contributed by atoms with Gasteiger partial charge in [-0.1, -0.05) is 0 Å². The maximum Gasteiger partial charge on any atom is 0.416 e. The van der Waals surface area contributed by atoms with Gasteiger partial charge in [0.25, 0.3) is 0 Å². The van der Waals surface area contributed by atoms with Crippen molar-refractivity contribution >= 4 is 23.3 Å². The van der Waals surface area contributed by atoms with Crippen LogP contribution in [0.5, 0.6) is 0 Å². The van der Waals surface area contributed by atoms with Crippen molar-refractivity contribution in [1.29, 1.82) is 0 Å². The summed E-state index contributed by atoms with van der Waals surface area (Å²) in [6.07, 6.45) is -3.99. The fraction of sp³-hybridized carbons (Fsp3) is 0.100. The van der Waals surface area contributed by atoms with Crippen molar-refractivity contribution in [3.05, 3.63) is 29.8 Å². The summed E-state index contributed by atoms with van der Waals surface area (Å²) >= 11 is 0. The molecule has 1 heterocycles. The molecule has 6 heteroatoms. The highest BCUT2D eigenvalue weighted by atomic mass is 19.4. The molecule has 0 spiro atoms. The number of carbonyl (C=O) groups excluding carboxylic acids is 1. The average molecular weight is 229 g/mol. The van der Waals surface area contributed by atoms with E-state index in [-0.39, 0.29) is 11.5 Å². The van der Waals surface area contributed by atoms with Crippen LogP contribution in [0.25, 0.3) is 11.0 Å². The number of carbonyl (C=O) groups is 1. The van der Waals surface area contributed by atoms with Gasteiger partial charge in [0.05, 0.1) is 5.56 Å². The van der Waals surface area contributed by atoms with Gasteiger partial charge >= 0.3 is 6.18 Å². The molecular weight excluding hydrogens is 223 g/mol. The molecule has 2 aromatic rings. The molecule has 0 fully saturated rings. The van der Waals surface area contributed by atoms with E-state index < -0.39 is 11.7 Å². The number of alkyl halides is 3. The van der Waals surface area contributed by atoms with Gasteiger partial charge < -0.3 is 4.42 Å². The van der Waals surface area contributed by atoms with Crippen LogP contribution in [0.1, 0.15) is 5.56 Å². The molecule has 1 aromatic carbocycles. The summed E-state index contributed by atoms with van der Waals surface area (Å²) < 4.78 is 42.2. The first-order chi connectivity index (χ1) is 7.50. The van der Waals surface area contributed by atoms with E-state index in [4.69, 9.17) is 4.42 Å². The number of benzene rings is 1. The van der Waals surface area contributed by atoms with Crippen LogP contribution in [0, 0.1) is 0 Å². The third-order valence-corrected chi connectivity index (χ3v) is 2.04. The lowest BCUT2D eigenvalue weighted by molar-refractivity contribution is -0.137. The number of amides is 1. The van der Waals surface area contributed by atoms with Gasteiger partial charge in [-0.3, -0.25) is 10.1 Å². The Hall–Kier alpha value is -1.98. The standard InChI is InChI=1S/C10H6F3NO2/c11-10(12,13)7-1-2-8-6(3-7)4-9(16-8)14-5-15/h1-5H,(H,14,15). The van der Waals surface area contributed by atoms with Gasteiger partial charge in [0.2, 0.25) is 12.3 Å². The molecule has 3 nitrogen and oxygen atoms in total. The second-order valence-electron chi connectivity index (χ2n) is 3.12. The van der Waals surface area contributed by atoms with Gasteiger partial charge in [0.1, 0.15) is 5.58 Å². The molecule has 0 saturated carbocycles. The van der Waals surface area contributed by atoms with E-state index in [9.17, 15) is 18.0 Å². The summed E-state index contributed by atoms with van der Waals surface area (Å²) in [5.41, 5.74) is -0.462. The fourth-order valence-corrected chi connectivity index (χ4v) is 1.35. The van der Waals surface area contributed by atoms with Gasteiger partial charge in [0.15, 0.2) is 0 Å². The summed E-state index contributed by atoms with van der Waals surface area (Å²) in [6.45, 7) is 0. The number of anilines is 1. The average Bonchev–Trinajstić information content (AvgIpc) is 2.57. The van der Waals surface area contributed by atoms with E-state index in [2.05, 4.69) is 5.32 Å². The maximum atomic E-state index is 12.4. The Balaban J connectivity index is 2.49. The molecule has 1 amide bonds. The van der Waals surface area contributed by atoms with E-state index in [1.165, 1.54) is 12.1 Å². The molecule has 0 aliphatic carbocycles. The molecule has 0 saturated heterocycles. The topological polar surface area (TPSA) is 42.2 Å². The van der Waals surface area contributed by atoms with Crippen LogP contribution in [0.3, 0.4) is 0 Å². The zero-order valence-electron chi connectivity index (χ0n) is 7.84. The molecule has 1 aromatic heterocycles. The molecular formula is C10H6F3NO2. The molecule has 16 heavy (non-hydrogen) atoms. The van der Waals surface area contributed by atoms with Crippen molar-refractivity contribution in [3.8, 4) is 0 Å². The van der Waals surface area contributed by atoms with Crippen molar-refractivity contribution in [2.24, 2.45) is 0 Å². The molecule has 0 aliphatic rings. The highest BCUT2D eigenvalue weighted by molar-refractivity contribution is 5.84. The van der Waals surface area contributed by atoms with Crippen molar-refractivity contribution in [1.82, 2.24) is 0 Å². The van der Waals surface area contributed by atoms with Crippen LogP contribution < -0.4 is 5.32 Å². The minimum absolute atomic E-state index is 0.115. The van der Waals surface area contributed by atoms with Crippen molar-refractivity contribution in [2.75, 3.05) is 5.32 Å². The number of nitrogens with one attached hydrogen (secondary N) is 1. The largest absolute Gasteiger partial charge is 0.440 e. The van der Waals surface area contributed by atoms with Crippen LogP contribution in [-0.2, 0) is 11.0 Å². The minimum Gasteiger partial charge on any atom is -0.440 e. The number of hydrogen-bond donors (Lipinski definition) is 1. The molecule has 0 aliphatic heterocycles. The first-order valence-electron chi connectivity index (χ1n) is 4.31. The molecule has 1 N–H and O–H groups in total. The van der Waals surface area contributed by atoms with E-state index in [0.717, 1.165) is 12.1 Å². The third-order valence-electron chi connectivity index (χ3n) is 2.04. The van der Waals surface area contributed by atoms with Gasteiger partial charge in [-0.15, -0.1) is 0 Å². The normalized spacial score (nSPS) is 11.7. The second kappa shape index (κ2) is 3.55. The van der Waals surface area contributed by atoms with E-state index >= 15 is 0 Å². The predicted octanol–water partition coefficient (Wildman–Crippen LogP) is 3.02. The number of rotatable bonds is 2. The summed E-state index contributed by atoms with van der Waals surface area (Å²) in [7, 11) is 0. The Morgan fingerprint density at radius 1 is 1.25 bits per heavy atom. The highest BCUT2D eigenvalue weighted by Gasteiger charge is 2.30. The number of fused-ring (bicyclic) bond motifs is 1. The van der Waals surface area contributed by atoms with Crippen LogP contribution in [0.15, 0.2) is 28.7 Å². The van der Waals surface area contributed by atoms with Crippen molar-refractivity contribution in [3.63, 3.8) is 0 Å². The van der Waals surface area contributed by atoms with Crippen LogP contribution in [-0.4, -0.2) is 6.41 Å². The fourth-order valence-electron chi connectivity index (χ4n) is 1.35. The summed E-state index contributed by atoms with van der Waals surface area (Å²) in [5, 5.41) is 2.52.